The molecule has 0 bridgehead atoms. The minimum atomic E-state index is -0.909. The van der Waals surface area contributed by atoms with E-state index in [0.717, 1.165) is 62.7 Å². The summed E-state index contributed by atoms with van der Waals surface area (Å²) in [6.07, 6.45) is 5.46. The normalized spacial score (nSPS) is 19.2. The molecule has 234 valence electrons. The molecule has 11 heteroatoms. The van der Waals surface area contributed by atoms with Crippen LogP contribution in [0.1, 0.15) is 78.1 Å². The summed E-state index contributed by atoms with van der Waals surface area (Å²) in [7, 11) is 0. The van der Waals surface area contributed by atoms with Crippen LogP contribution in [0.4, 0.5) is 0 Å². The lowest BCUT2D eigenvalue weighted by Crippen LogP contribution is -2.16. The molecule has 2 aliphatic rings. The van der Waals surface area contributed by atoms with Gasteiger partial charge < -0.3 is 25.5 Å². The third kappa shape index (κ3) is 6.83. The van der Waals surface area contributed by atoms with Crippen molar-refractivity contribution >= 4 is 48.2 Å². The fourth-order valence-corrected chi connectivity index (χ4v) is 6.51. The number of carbonyl (C=O) groups excluding carboxylic acids is 2. The Kier molecular flexibility index (Phi) is 10.2. The predicted octanol–water partition coefficient (Wildman–Crippen LogP) is 4.65. The Balaban J connectivity index is 1.76. The first-order valence-electron chi connectivity index (χ1n) is 14.8. The van der Waals surface area contributed by atoms with E-state index in [9.17, 15) is 29.4 Å². The molecule has 2 atom stereocenters. The van der Waals surface area contributed by atoms with Gasteiger partial charge in [0.2, 0.25) is 5.91 Å². The van der Waals surface area contributed by atoms with Crippen molar-refractivity contribution in [3.05, 3.63) is 74.5 Å². The zero-order chi connectivity index (χ0) is 32.3. The Morgan fingerprint density at radius 3 is 2.14 bits per heavy atom. The van der Waals surface area contributed by atoms with E-state index in [1.54, 1.807) is 0 Å². The molecule has 2 aliphatic heterocycles. The van der Waals surface area contributed by atoms with Gasteiger partial charge in [0.05, 0.1) is 5.71 Å². The molecule has 5 N–H and O–H groups in total. The molecule has 44 heavy (non-hydrogen) atoms. The average molecular weight is 621 g/mol. The zero-order valence-electron chi connectivity index (χ0n) is 25.6. The second kappa shape index (κ2) is 13.7. The molecule has 0 spiro atoms. The highest BCUT2D eigenvalue weighted by Gasteiger charge is 2.35. The molecule has 2 amide bonds. The van der Waals surface area contributed by atoms with Crippen molar-refractivity contribution in [2.24, 2.45) is 16.8 Å². The van der Waals surface area contributed by atoms with Gasteiger partial charge in [0.25, 0.3) is 5.91 Å². The summed E-state index contributed by atoms with van der Waals surface area (Å²) in [6, 6.07) is 0. The van der Waals surface area contributed by atoms with Gasteiger partial charge in [0.1, 0.15) is 0 Å². The summed E-state index contributed by atoms with van der Waals surface area (Å²) in [4.78, 5) is 59.1. The van der Waals surface area contributed by atoms with Gasteiger partial charge in [0, 0.05) is 71.6 Å². The number of hydrogen-bond acceptors (Lipinski definition) is 5. The summed E-state index contributed by atoms with van der Waals surface area (Å²) < 4.78 is 0. The number of rotatable bonds is 14. The quantitative estimate of drug-likeness (QED) is 0.168. The number of carbonyl (C=O) groups is 4. The number of H-pyrrole nitrogens is 2. The highest BCUT2D eigenvalue weighted by atomic mass is 32.1. The van der Waals surface area contributed by atoms with Crippen molar-refractivity contribution in [1.29, 1.82) is 0 Å². The minimum absolute atomic E-state index is 0.00866. The van der Waals surface area contributed by atoms with E-state index in [1.807, 2.05) is 33.8 Å². The SMILES string of the molecule is C=CC1=C(C)C(Cc2[nH]c(Cc3[nH]c(/C=C4\NC(=O)[C@H](C)[C@H]4CCS)c(C)c3CCC(=O)O)c(CCC(=O)O)c2C)=NC1=O. The lowest BCUT2D eigenvalue weighted by Gasteiger charge is -2.12. The van der Waals surface area contributed by atoms with E-state index >= 15 is 0 Å². The number of carboxylic acid groups (broad SMARTS) is 2. The van der Waals surface area contributed by atoms with Crippen molar-refractivity contribution in [3.63, 3.8) is 0 Å². The summed E-state index contributed by atoms with van der Waals surface area (Å²) in [6.45, 7) is 11.3. The van der Waals surface area contributed by atoms with Crippen molar-refractivity contribution < 1.29 is 29.4 Å². The Hall–Kier alpha value is -4.12. The maximum Gasteiger partial charge on any atom is 0.303 e. The monoisotopic (exact) mass is 620 g/mol. The molecule has 10 nitrogen and oxygen atoms in total. The number of nitrogens with zero attached hydrogens (tertiary/aromatic N) is 1. The molecule has 1 fully saturated rings. The second-order valence-electron chi connectivity index (χ2n) is 11.6. The van der Waals surface area contributed by atoms with Crippen LogP contribution in [-0.2, 0) is 44.9 Å². The van der Waals surface area contributed by atoms with Crippen LogP contribution in [0.25, 0.3) is 6.08 Å². The van der Waals surface area contributed by atoms with Gasteiger partial charge in [-0.3, -0.25) is 19.2 Å². The number of carboxylic acids is 2. The number of thiol groups is 1. The standard InChI is InChI=1S/C33H40N4O6S/c1-6-20-16(2)26(36-33(20)43)13-24-17(3)21(7-9-30(38)39)27(34-24)15-28-22(8-10-31(40)41)18(4)25(35-28)14-29-23(11-12-44)19(5)32(42)37-29/h6,14,19,23,34-35,44H,1,7-13,15H2,2-5H3,(H,37,42)(H,38,39)(H,40,41)/b29-14-/t19-,23-/m1/s1. The maximum absolute atomic E-state index is 12.5. The summed E-state index contributed by atoms with van der Waals surface area (Å²) in [5, 5.41) is 21.9. The minimum Gasteiger partial charge on any atom is -0.481 e. The van der Waals surface area contributed by atoms with Crippen molar-refractivity contribution in [3.8, 4) is 0 Å². The zero-order valence-corrected chi connectivity index (χ0v) is 26.5. The summed E-state index contributed by atoms with van der Waals surface area (Å²) in [5.74, 6) is -1.69. The van der Waals surface area contributed by atoms with Gasteiger partial charge in [-0.25, -0.2) is 4.99 Å². The fourth-order valence-electron chi connectivity index (χ4n) is 6.23. The number of aliphatic imine (C=N–C) groups is 1. The van der Waals surface area contributed by atoms with E-state index in [0.29, 0.717) is 42.7 Å². The molecule has 0 saturated carbocycles. The van der Waals surface area contributed by atoms with Crippen LogP contribution >= 0.6 is 12.6 Å². The first kappa shape index (κ1) is 32.8. The van der Waals surface area contributed by atoms with Gasteiger partial charge in [-0.2, -0.15) is 12.6 Å². The molecule has 4 heterocycles. The van der Waals surface area contributed by atoms with Crippen LogP contribution in [0.3, 0.4) is 0 Å². The first-order chi connectivity index (χ1) is 20.9. The van der Waals surface area contributed by atoms with Crippen molar-refractivity contribution in [1.82, 2.24) is 15.3 Å². The van der Waals surface area contributed by atoms with Crippen molar-refractivity contribution in [2.45, 2.75) is 72.6 Å². The molecule has 1 saturated heterocycles. The molecule has 2 aromatic rings. The lowest BCUT2D eigenvalue weighted by atomic mass is 9.91. The van der Waals surface area contributed by atoms with Crippen LogP contribution in [0, 0.1) is 25.7 Å². The molecule has 0 unspecified atom stereocenters. The lowest BCUT2D eigenvalue weighted by molar-refractivity contribution is -0.138. The smallest absolute Gasteiger partial charge is 0.303 e. The Morgan fingerprint density at radius 1 is 0.955 bits per heavy atom. The fraction of sp³-hybridized carbons (Fsp3) is 0.424. The predicted molar refractivity (Wildman–Crippen MR) is 172 cm³/mol. The molecular weight excluding hydrogens is 580 g/mol. The highest BCUT2D eigenvalue weighted by molar-refractivity contribution is 7.80. The van der Waals surface area contributed by atoms with Crippen LogP contribution in [0.15, 0.2) is 34.5 Å². The number of aliphatic carboxylic acids is 2. The molecule has 0 aliphatic carbocycles. The van der Waals surface area contributed by atoms with E-state index in [1.165, 1.54) is 6.08 Å². The van der Waals surface area contributed by atoms with E-state index in [2.05, 4.69) is 39.5 Å². The molecule has 2 aromatic heterocycles. The van der Waals surface area contributed by atoms with Gasteiger partial charge in [-0.1, -0.05) is 19.6 Å². The third-order valence-electron chi connectivity index (χ3n) is 8.89. The van der Waals surface area contributed by atoms with Gasteiger partial charge in [-0.15, -0.1) is 0 Å². The van der Waals surface area contributed by atoms with Crippen LogP contribution in [0.5, 0.6) is 0 Å². The first-order valence-corrected chi connectivity index (χ1v) is 15.4. The molecular formula is C33H40N4O6S. The van der Waals surface area contributed by atoms with Crippen LogP contribution in [-0.4, -0.2) is 55.4 Å². The second-order valence-corrected chi connectivity index (χ2v) is 12.0. The number of aromatic nitrogens is 2. The maximum atomic E-state index is 12.5. The molecule has 4 rings (SSSR count). The third-order valence-corrected chi connectivity index (χ3v) is 9.14. The number of hydrogen-bond donors (Lipinski definition) is 6. The number of amides is 2. The summed E-state index contributed by atoms with van der Waals surface area (Å²) >= 11 is 4.38. The molecule has 0 aromatic carbocycles. The van der Waals surface area contributed by atoms with Crippen LogP contribution in [0.2, 0.25) is 0 Å². The highest BCUT2D eigenvalue weighted by Crippen LogP contribution is 2.33. The largest absolute Gasteiger partial charge is 0.481 e. The number of nitrogens with one attached hydrogen (secondary N) is 3. The van der Waals surface area contributed by atoms with Gasteiger partial charge in [-0.05, 0) is 79.7 Å². The Morgan fingerprint density at radius 2 is 1.57 bits per heavy atom. The molecule has 0 radical (unpaired) electrons. The van der Waals surface area contributed by atoms with Crippen LogP contribution < -0.4 is 5.32 Å². The Bertz CT molecular complexity index is 1620. The van der Waals surface area contributed by atoms with E-state index < -0.39 is 11.9 Å². The number of allylic oxidation sites excluding steroid dienone is 2. The van der Waals surface area contributed by atoms with E-state index in [4.69, 9.17) is 0 Å². The van der Waals surface area contributed by atoms with Gasteiger partial charge >= 0.3 is 11.9 Å². The average Bonchev–Trinajstić information content (AvgIpc) is 3.60. The van der Waals surface area contributed by atoms with E-state index in [-0.39, 0.29) is 36.5 Å². The Labute approximate surface area is 262 Å². The number of aromatic amines is 2. The van der Waals surface area contributed by atoms with Gasteiger partial charge in [0.15, 0.2) is 0 Å². The topological polar surface area (TPSA) is 165 Å². The van der Waals surface area contributed by atoms with Crippen molar-refractivity contribution in [2.75, 3.05) is 5.75 Å². The summed E-state index contributed by atoms with van der Waals surface area (Å²) in [5.41, 5.74) is 9.53.